The Morgan fingerprint density at radius 3 is 3.24 bits per heavy atom. The smallest absolute Gasteiger partial charge is 0.228 e. The van der Waals surface area contributed by atoms with E-state index in [0.29, 0.717) is 6.42 Å². The van der Waals surface area contributed by atoms with E-state index in [0.717, 1.165) is 35.4 Å². The monoisotopic (exact) mass is 280 g/mol. The minimum absolute atomic E-state index is 0.00596. The Balaban J connectivity index is 1.54. The van der Waals surface area contributed by atoms with Gasteiger partial charge in [-0.3, -0.25) is 4.79 Å². The van der Waals surface area contributed by atoms with E-state index in [-0.39, 0.29) is 11.8 Å². The number of nitrogens with one attached hydrogen (secondary N) is 2. The number of hydrogen-bond acceptors (Lipinski definition) is 2. The molecule has 0 saturated heterocycles. The molecule has 3 aromatic rings. The molecule has 5 heteroatoms. The van der Waals surface area contributed by atoms with Gasteiger partial charge in [-0.15, -0.1) is 0 Å². The average molecular weight is 280 g/mol. The Hall–Kier alpha value is -2.56. The van der Waals surface area contributed by atoms with Crippen molar-refractivity contribution >= 4 is 22.5 Å². The van der Waals surface area contributed by atoms with Crippen molar-refractivity contribution in [3.8, 4) is 0 Å². The van der Waals surface area contributed by atoms with Gasteiger partial charge in [0.05, 0.1) is 5.69 Å². The number of imidazole rings is 1. The number of anilines is 1. The SMILES string of the molecule is O=C(Nc1c[nH]c2ccccc12)C1CCn2ccnc2C1. The highest BCUT2D eigenvalue weighted by molar-refractivity contribution is 6.02. The lowest BCUT2D eigenvalue weighted by Crippen LogP contribution is -2.30. The number of carbonyl (C=O) groups is 1. The maximum absolute atomic E-state index is 12.5. The van der Waals surface area contributed by atoms with Crippen LogP contribution in [0.2, 0.25) is 0 Å². The lowest BCUT2D eigenvalue weighted by molar-refractivity contribution is -0.120. The summed E-state index contributed by atoms with van der Waals surface area (Å²) in [6.45, 7) is 0.862. The van der Waals surface area contributed by atoms with Crippen LogP contribution in [-0.4, -0.2) is 20.4 Å². The first-order valence-corrected chi connectivity index (χ1v) is 7.18. The molecule has 0 radical (unpaired) electrons. The molecule has 106 valence electrons. The molecule has 1 aliphatic heterocycles. The number of nitrogens with zero attached hydrogens (tertiary/aromatic N) is 2. The molecule has 1 atom stereocenters. The van der Waals surface area contributed by atoms with Gasteiger partial charge in [0.2, 0.25) is 5.91 Å². The maximum Gasteiger partial charge on any atom is 0.228 e. The van der Waals surface area contributed by atoms with Crippen molar-refractivity contribution in [1.29, 1.82) is 0 Å². The van der Waals surface area contributed by atoms with Gasteiger partial charge in [0, 0.05) is 48.4 Å². The first kappa shape index (κ1) is 12.2. The molecule has 0 aliphatic carbocycles. The summed E-state index contributed by atoms with van der Waals surface area (Å²) < 4.78 is 2.12. The van der Waals surface area contributed by atoms with Crippen LogP contribution in [0.15, 0.2) is 42.9 Å². The Kier molecular flexibility index (Phi) is 2.77. The number of carbonyl (C=O) groups excluding carboxylic acids is 1. The van der Waals surface area contributed by atoms with E-state index in [4.69, 9.17) is 0 Å². The van der Waals surface area contributed by atoms with E-state index in [1.165, 1.54) is 0 Å². The summed E-state index contributed by atoms with van der Waals surface area (Å²) in [5.74, 6) is 1.07. The highest BCUT2D eigenvalue weighted by Crippen LogP contribution is 2.25. The fourth-order valence-corrected chi connectivity index (χ4v) is 2.98. The third kappa shape index (κ3) is 2.11. The third-order valence-electron chi connectivity index (χ3n) is 4.17. The van der Waals surface area contributed by atoms with E-state index in [1.54, 1.807) is 6.20 Å². The minimum Gasteiger partial charge on any atom is -0.359 e. The van der Waals surface area contributed by atoms with Gasteiger partial charge in [-0.2, -0.15) is 0 Å². The summed E-state index contributed by atoms with van der Waals surface area (Å²) in [5, 5.41) is 4.10. The quantitative estimate of drug-likeness (QED) is 0.758. The second kappa shape index (κ2) is 4.77. The molecular weight excluding hydrogens is 264 g/mol. The summed E-state index contributed by atoms with van der Waals surface area (Å²) >= 11 is 0. The van der Waals surface area contributed by atoms with Crippen molar-refractivity contribution in [3.63, 3.8) is 0 Å². The second-order valence-corrected chi connectivity index (χ2v) is 5.46. The van der Waals surface area contributed by atoms with Crippen LogP contribution in [0, 0.1) is 5.92 Å². The standard InChI is InChI=1S/C16H16N4O/c21-16(11-5-7-20-8-6-17-15(20)9-11)19-14-10-18-13-4-2-1-3-12(13)14/h1-4,6,8,10-11,18H,5,7,9H2,(H,19,21). The van der Waals surface area contributed by atoms with Crippen molar-refractivity contribution in [2.75, 3.05) is 5.32 Å². The minimum atomic E-state index is -0.00596. The molecule has 1 aromatic carbocycles. The van der Waals surface area contributed by atoms with E-state index in [2.05, 4.69) is 19.9 Å². The second-order valence-electron chi connectivity index (χ2n) is 5.46. The number of amides is 1. The van der Waals surface area contributed by atoms with Gasteiger partial charge in [0.25, 0.3) is 0 Å². The zero-order valence-electron chi connectivity index (χ0n) is 11.5. The van der Waals surface area contributed by atoms with E-state index in [1.807, 2.05) is 36.7 Å². The number of fused-ring (bicyclic) bond motifs is 2. The topological polar surface area (TPSA) is 62.7 Å². The molecule has 0 bridgehead atoms. The maximum atomic E-state index is 12.5. The molecule has 0 saturated carbocycles. The van der Waals surface area contributed by atoms with E-state index in [9.17, 15) is 4.79 Å². The molecule has 1 unspecified atom stereocenters. The number of hydrogen-bond donors (Lipinski definition) is 2. The van der Waals surface area contributed by atoms with Crippen molar-refractivity contribution < 1.29 is 4.79 Å². The Morgan fingerprint density at radius 1 is 1.38 bits per heavy atom. The molecule has 5 nitrogen and oxygen atoms in total. The van der Waals surface area contributed by atoms with Gasteiger partial charge < -0.3 is 14.9 Å². The Bertz CT molecular complexity index is 801. The highest BCUT2D eigenvalue weighted by atomic mass is 16.1. The summed E-state index contributed by atoms with van der Waals surface area (Å²) in [5.41, 5.74) is 1.89. The Morgan fingerprint density at radius 2 is 2.29 bits per heavy atom. The molecule has 0 spiro atoms. The van der Waals surface area contributed by atoms with Crippen molar-refractivity contribution in [2.45, 2.75) is 19.4 Å². The van der Waals surface area contributed by atoms with Crippen LogP contribution in [0.4, 0.5) is 5.69 Å². The predicted octanol–water partition coefficient (Wildman–Crippen LogP) is 2.57. The lowest BCUT2D eigenvalue weighted by Gasteiger charge is -2.22. The van der Waals surface area contributed by atoms with Crippen LogP contribution in [-0.2, 0) is 17.8 Å². The fraction of sp³-hybridized carbons (Fsp3) is 0.250. The molecule has 1 aliphatic rings. The molecule has 4 rings (SSSR count). The molecule has 3 heterocycles. The first-order chi connectivity index (χ1) is 10.3. The van der Waals surface area contributed by atoms with Gasteiger partial charge in [-0.05, 0) is 12.5 Å². The molecular formula is C16H16N4O. The molecule has 1 amide bonds. The summed E-state index contributed by atoms with van der Waals surface area (Å²) in [6, 6.07) is 7.96. The van der Waals surface area contributed by atoms with E-state index < -0.39 is 0 Å². The largest absolute Gasteiger partial charge is 0.359 e. The Labute approximate surface area is 122 Å². The third-order valence-corrected chi connectivity index (χ3v) is 4.17. The molecule has 21 heavy (non-hydrogen) atoms. The van der Waals surface area contributed by atoms with Crippen LogP contribution >= 0.6 is 0 Å². The van der Waals surface area contributed by atoms with Gasteiger partial charge in [-0.25, -0.2) is 4.98 Å². The number of para-hydroxylation sites is 1. The number of rotatable bonds is 2. The summed E-state index contributed by atoms with van der Waals surface area (Å²) in [6.07, 6.45) is 7.20. The fourth-order valence-electron chi connectivity index (χ4n) is 2.98. The van der Waals surface area contributed by atoms with Gasteiger partial charge in [0.15, 0.2) is 0 Å². The average Bonchev–Trinajstić information content (AvgIpc) is 3.13. The lowest BCUT2D eigenvalue weighted by atomic mass is 9.97. The summed E-state index contributed by atoms with van der Waals surface area (Å²) in [4.78, 5) is 20.0. The molecule has 0 fully saturated rings. The van der Waals surface area contributed by atoms with Crippen LogP contribution in [0.3, 0.4) is 0 Å². The number of aryl methyl sites for hydroxylation is 1. The van der Waals surface area contributed by atoms with E-state index >= 15 is 0 Å². The van der Waals surface area contributed by atoms with Gasteiger partial charge >= 0.3 is 0 Å². The van der Waals surface area contributed by atoms with Crippen molar-refractivity contribution in [2.24, 2.45) is 5.92 Å². The van der Waals surface area contributed by atoms with Crippen molar-refractivity contribution in [3.05, 3.63) is 48.7 Å². The van der Waals surface area contributed by atoms with Crippen LogP contribution in [0.1, 0.15) is 12.2 Å². The zero-order chi connectivity index (χ0) is 14.2. The van der Waals surface area contributed by atoms with Crippen LogP contribution < -0.4 is 5.32 Å². The number of benzene rings is 1. The molecule has 2 aromatic heterocycles. The van der Waals surface area contributed by atoms with Gasteiger partial charge in [-0.1, -0.05) is 18.2 Å². The number of aromatic amines is 1. The summed E-state index contributed by atoms with van der Waals surface area (Å²) in [7, 11) is 0. The zero-order valence-corrected chi connectivity index (χ0v) is 11.5. The number of H-pyrrole nitrogens is 1. The van der Waals surface area contributed by atoms with Gasteiger partial charge in [0.1, 0.15) is 5.82 Å². The number of aromatic nitrogens is 3. The molecule has 2 N–H and O–H groups in total. The van der Waals surface area contributed by atoms with Crippen molar-refractivity contribution in [1.82, 2.24) is 14.5 Å². The first-order valence-electron chi connectivity index (χ1n) is 7.18. The highest BCUT2D eigenvalue weighted by Gasteiger charge is 2.25. The van der Waals surface area contributed by atoms with Crippen LogP contribution in [0.5, 0.6) is 0 Å². The predicted molar refractivity (Wildman–Crippen MR) is 81.0 cm³/mol. The normalized spacial score (nSPS) is 17.6. The van der Waals surface area contributed by atoms with Crippen LogP contribution in [0.25, 0.3) is 10.9 Å².